The molecule has 0 radical (unpaired) electrons. The van der Waals surface area contributed by atoms with Gasteiger partial charge in [0.25, 0.3) is 15.9 Å². The van der Waals surface area contributed by atoms with Crippen molar-refractivity contribution in [1.82, 2.24) is 5.43 Å². The minimum atomic E-state index is -4.12. The standard InChI is InChI=1S/C23H22ClN3O5S/c1-31-19-11-12-22(32-2)21(14-19)27(33(29,30)20-9-4-3-5-10-20)16-23(28)26-25-15-17-7-6-8-18(24)13-17/h3-15H,16H2,1-2H3,(H,26,28)/b25-15-. The number of hydrazone groups is 1. The molecule has 0 saturated heterocycles. The van der Waals surface area contributed by atoms with Crippen LogP contribution in [0.1, 0.15) is 5.56 Å². The minimum Gasteiger partial charge on any atom is -0.497 e. The van der Waals surface area contributed by atoms with Crippen LogP contribution in [0.5, 0.6) is 11.5 Å². The molecule has 0 fully saturated rings. The predicted octanol–water partition coefficient (Wildman–Crippen LogP) is 3.70. The van der Waals surface area contributed by atoms with Crippen molar-refractivity contribution in [2.45, 2.75) is 4.90 Å². The second kappa shape index (κ2) is 10.8. The van der Waals surface area contributed by atoms with Gasteiger partial charge in [-0.05, 0) is 42.0 Å². The fourth-order valence-corrected chi connectivity index (χ4v) is 4.59. The molecule has 8 nitrogen and oxygen atoms in total. The maximum Gasteiger partial charge on any atom is 0.264 e. The summed E-state index contributed by atoms with van der Waals surface area (Å²) in [5.74, 6) is 0.00152. The molecule has 3 aromatic carbocycles. The lowest BCUT2D eigenvalue weighted by atomic mass is 10.2. The number of carbonyl (C=O) groups excluding carboxylic acids is 1. The van der Waals surface area contributed by atoms with Gasteiger partial charge in [-0.25, -0.2) is 13.8 Å². The molecular weight excluding hydrogens is 466 g/mol. The summed E-state index contributed by atoms with van der Waals surface area (Å²) in [6, 6.07) is 19.4. The molecule has 10 heteroatoms. The van der Waals surface area contributed by atoms with E-state index in [9.17, 15) is 13.2 Å². The van der Waals surface area contributed by atoms with E-state index >= 15 is 0 Å². The number of methoxy groups -OCH3 is 2. The van der Waals surface area contributed by atoms with Crippen LogP contribution >= 0.6 is 11.6 Å². The summed E-state index contributed by atoms with van der Waals surface area (Å²) in [4.78, 5) is 12.7. The van der Waals surface area contributed by atoms with Crippen LogP contribution in [0.3, 0.4) is 0 Å². The molecule has 0 unspecified atom stereocenters. The van der Waals surface area contributed by atoms with Crippen molar-refractivity contribution in [2.75, 3.05) is 25.1 Å². The SMILES string of the molecule is COc1ccc(OC)c(N(CC(=O)N/N=C\c2cccc(Cl)c2)S(=O)(=O)c2ccccc2)c1. The van der Waals surface area contributed by atoms with Crippen molar-refractivity contribution in [2.24, 2.45) is 5.10 Å². The van der Waals surface area contributed by atoms with Crippen molar-refractivity contribution < 1.29 is 22.7 Å². The Balaban J connectivity index is 1.93. The van der Waals surface area contributed by atoms with Gasteiger partial charge in [-0.2, -0.15) is 5.10 Å². The number of hydrogen-bond donors (Lipinski definition) is 1. The zero-order valence-corrected chi connectivity index (χ0v) is 19.5. The summed E-state index contributed by atoms with van der Waals surface area (Å²) < 4.78 is 38.5. The van der Waals surface area contributed by atoms with Crippen molar-refractivity contribution in [3.8, 4) is 11.5 Å². The Morgan fingerprint density at radius 1 is 1.03 bits per heavy atom. The number of anilines is 1. The zero-order valence-electron chi connectivity index (χ0n) is 17.9. The lowest BCUT2D eigenvalue weighted by molar-refractivity contribution is -0.119. The molecule has 0 aliphatic heterocycles. The van der Waals surface area contributed by atoms with Crippen molar-refractivity contribution in [3.05, 3.63) is 83.4 Å². The van der Waals surface area contributed by atoms with Crippen molar-refractivity contribution >= 4 is 39.4 Å². The van der Waals surface area contributed by atoms with Gasteiger partial charge in [-0.1, -0.05) is 41.9 Å². The molecular formula is C23H22ClN3O5S. The van der Waals surface area contributed by atoms with Gasteiger partial charge >= 0.3 is 0 Å². The van der Waals surface area contributed by atoms with Crippen LogP contribution in [0.2, 0.25) is 5.02 Å². The van der Waals surface area contributed by atoms with Gasteiger partial charge in [-0.3, -0.25) is 9.10 Å². The monoisotopic (exact) mass is 487 g/mol. The third-order valence-corrected chi connectivity index (χ3v) is 6.53. The number of nitrogens with one attached hydrogen (secondary N) is 1. The van der Waals surface area contributed by atoms with Gasteiger partial charge in [0.2, 0.25) is 0 Å². The second-order valence-electron chi connectivity index (χ2n) is 6.71. The number of amides is 1. The summed E-state index contributed by atoms with van der Waals surface area (Å²) in [7, 11) is -1.25. The van der Waals surface area contributed by atoms with E-state index in [-0.39, 0.29) is 16.3 Å². The lowest BCUT2D eigenvalue weighted by Gasteiger charge is -2.25. The highest BCUT2D eigenvalue weighted by molar-refractivity contribution is 7.92. The lowest BCUT2D eigenvalue weighted by Crippen LogP contribution is -2.39. The van der Waals surface area contributed by atoms with Crippen LogP contribution in [-0.4, -0.2) is 41.3 Å². The summed E-state index contributed by atoms with van der Waals surface area (Å²) in [6.07, 6.45) is 1.41. The number of halogens is 1. The fraction of sp³-hybridized carbons (Fsp3) is 0.130. The molecule has 0 aliphatic rings. The second-order valence-corrected chi connectivity index (χ2v) is 9.01. The summed E-state index contributed by atoms with van der Waals surface area (Å²) >= 11 is 5.94. The normalized spacial score (nSPS) is 11.2. The smallest absolute Gasteiger partial charge is 0.264 e. The largest absolute Gasteiger partial charge is 0.497 e. The van der Waals surface area contributed by atoms with Crippen molar-refractivity contribution in [3.63, 3.8) is 0 Å². The summed E-state index contributed by atoms with van der Waals surface area (Å²) in [5, 5.41) is 4.42. The number of ether oxygens (including phenoxy) is 2. The van der Waals surface area contributed by atoms with Gasteiger partial charge in [0.15, 0.2) is 0 Å². The molecule has 33 heavy (non-hydrogen) atoms. The highest BCUT2D eigenvalue weighted by atomic mass is 35.5. The van der Waals surface area contributed by atoms with Crippen LogP contribution in [0.15, 0.2) is 82.8 Å². The molecule has 0 atom stereocenters. The molecule has 0 heterocycles. The Morgan fingerprint density at radius 3 is 2.45 bits per heavy atom. The van der Waals surface area contributed by atoms with Gasteiger partial charge in [0, 0.05) is 11.1 Å². The molecule has 0 aliphatic carbocycles. The molecule has 1 N–H and O–H groups in total. The molecule has 0 saturated carbocycles. The topological polar surface area (TPSA) is 97.3 Å². The number of sulfonamides is 1. The maximum absolute atomic E-state index is 13.5. The Labute approximate surface area is 197 Å². The van der Waals surface area contributed by atoms with E-state index in [4.69, 9.17) is 21.1 Å². The summed E-state index contributed by atoms with van der Waals surface area (Å²) in [5.41, 5.74) is 3.17. The van der Waals surface area contributed by atoms with Gasteiger partial charge in [0.05, 0.1) is 31.0 Å². The Morgan fingerprint density at radius 2 is 1.79 bits per heavy atom. The molecule has 0 spiro atoms. The first-order valence-electron chi connectivity index (χ1n) is 9.72. The zero-order chi connectivity index (χ0) is 23.8. The molecule has 1 amide bonds. The predicted molar refractivity (Wildman–Crippen MR) is 128 cm³/mol. The van der Waals surface area contributed by atoms with E-state index in [0.29, 0.717) is 16.3 Å². The number of benzene rings is 3. The Bertz CT molecular complexity index is 1250. The highest BCUT2D eigenvalue weighted by Gasteiger charge is 2.29. The van der Waals surface area contributed by atoms with Crippen LogP contribution in [0, 0.1) is 0 Å². The fourth-order valence-electron chi connectivity index (χ4n) is 2.94. The van der Waals surface area contributed by atoms with Crippen LogP contribution in [0.25, 0.3) is 0 Å². The number of nitrogens with zero attached hydrogens (tertiary/aromatic N) is 2. The average Bonchev–Trinajstić information content (AvgIpc) is 2.82. The van der Waals surface area contributed by atoms with E-state index in [1.807, 2.05) is 0 Å². The molecule has 3 aromatic rings. The van der Waals surface area contributed by atoms with E-state index in [2.05, 4.69) is 10.5 Å². The minimum absolute atomic E-state index is 0.0186. The van der Waals surface area contributed by atoms with Gasteiger partial charge in [-0.15, -0.1) is 0 Å². The van der Waals surface area contributed by atoms with Crippen molar-refractivity contribution in [1.29, 1.82) is 0 Å². The first-order chi connectivity index (χ1) is 15.8. The number of carbonyl (C=O) groups is 1. The van der Waals surface area contributed by atoms with E-state index < -0.39 is 22.5 Å². The Kier molecular flexibility index (Phi) is 7.92. The average molecular weight is 488 g/mol. The molecule has 0 bridgehead atoms. The van der Waals surface area contributed by atoms with E-state index in [1.165, 1.54) is 38.6 Å². The van der Waals surface area contributed by atoms with E-state index in [0.717, 1.165) is 4.31 Å². The van der Waals surface area contributed by atoms with Gasteiger partial charge in [0.1, 0.15) is 18.0 Å². The molecule has 0 aromatic heterocycles. The molecule has 3 rings (SSSR count). The van der Waals surface area contributed by atoms with Crippen LogP contribution in [-0.2, 0) is 14.8 Å². The maximum atomic E-state index is 13.5. The summed E-state index contributed by atoms with van der Waals surface area (Å²) in [6.45, 7) is -0.548. The third kappa shape index (κ3) is 6.03. The van der Waals surface area contributed by atoms with Crippen LogP contribution < -0.4 is 19.2 Å². The third-order valence-electron chi connectivity index (χ3n) is 4.52. The highest BCUT2D eigenvalue weighted by Crippen LogP contribution is 2.35. The quantitative estimate of drug-likeness (QED) is 0.366. The Hall–Kier alpha value is -3.56. The molecule has 172 valence electrons. The number of rotatable bonds is 9. The van der Waals surface area contributed by atoms with Gasteiger partial charge < -0.3 is 9.47 Å². The number of hydrogen-bond acceptors (Lipinski definition) is 6. The van der Waals surface area contributed by atoms with E-state index in [1.54, 1.807) is 54.6 Å². The van der Waals surface area contributed by atoms with Crippen LogP contribution in [0.4, 0.5) is 5.69 Å². The first-order valence-corrected chi connectivity index (χ1v) is 11.5. The first kappa shape index (κ1) is 24.1.